The molecule has 0 bridgehead atoms. The first-order valence-corrected chi connectivity index (χ1v) is 9.03. The van der Waals surface area contributed by atoms with Crippen LogP contribution in [0.5, 0.6) is 0 Å². The highest BCUT2D eigenvalue weighted by Gasteiger charge is 2.18. The van der Waals surface area contributed by atoms with E-state index in [9.17, 15) is 0 Å². The molecule has 0 amide bonds. The number of alkyl halides is 1. The third-order valence-corrected chi connectivity index (χ3v) is 5.80. The average Bonchev–Trinajstić information content (AvgIpc) is 2.81. The largest absolute Gasteiger partial charge is 0.241 e. The van der Waals surface area contributed by atoms with Crippen LogP contribution in [-0.2, 0) is 6.42 Å². The van der Waals surface area contributed by atoms with Crippen LogP contribution in [0.3, 0.4) is 0 Å². The summed E-state index contributed by atoms with van der Waals surface area (Å²) in [5.74, 6) is 0.938. The van der Waals surface area contributed by atoms with Crippen molar-refractivity contribution in [2.24, 2.45) is 5.92 Å². The molecule has 19 heavy (non-hydrogen) atoms. The molecule has 1 aliphatic rings. The van der Waals surface area contributed by atoms with Crippen molar-refractivity contribution in [3.63, 3.8) is 0 Å². The Morgan fingerprint density at radius 3 is 2.79 bits per heavy atom. The Bertz CT molecular complexity index is 497. The van der Waals surface area contributed by atoms with Crippen LogP contribution in [0.2, 0.25) is 0 Å². The van der Waals surface area contributed by atoms with Gasteiger partial charge in [-0.15, -0.1) is 11.3 Å². The van der Waals surface area contributed by atoms with Gasteiger partial charge in [-0.25, -0.2) is 4.98 Å². The predicted molar refractivity (Wildman–Crippen MR) is 87.2 cm³/mol. The minimum absolute atomic E-state index is 0.594. The van der Waals surface area contributed by atoms with Gasteiger partial charge in [-0.05, 0) is 24.5 Å². The van der Waals surface area contributed by atoms with Crippen LogP contribution in [0, 0.1) is 5.92 Å². The van der Waals surface area contributed by atoms with E-state index in [1.54, 1.807) is 0 Å². The summed E-state index contributed by atoms with van der Waals surface area (Å²) >= 11 is 5.72. The molecule has 0 N–H and O–H groups in total. The molecule has 3 heteroatoms. The van der Waals surface area contributed by atoms with E-state index in [0.717, 1.165) is 17.9 Å². The standard InChI is InChI=1S/C16H20BrNS/c17-13(10-12-6-2-1-3-7-12)11-16-18-14-8-4-5-9-15(14)19-16/h4-5,8-9,12-13H,1-3,6-7,10-11H2. The number of fused-ring (bicyclic) bond motifs is 1. The fourth-order valence-corrected chi connectivity index (χ4v) is 5.16. The van der Waals surface area contributed by atoms with Crippen molar-refractivity contribution in [2.45, 2.75) is 49.8 Å². The number of para-hydroxylation sites is 1. The van der Waals surface area contributed by atoms with Gasteiger partial charge in [0.2, 0.25) is 0 Å². The lowest BCUT2D eigenvalue weighted by atomic mass is 9.86. The Morgan fingerprint density at radius 1 is 1.21 bits per heavy atom. The maximum Gasteiger partial charge on any atom is 0.0949 e. The summed E-state index contributed by atoms with van der Waals surface area (Å²) in [6, 6.07) is 8.44. The van der Waals surface area contributed by atoms with Crippen LogP contribution in [-0.4, -0.2) is 9.81 Å². The lowest BCUT2D eigenvalue weighted by Crippen LogP contribution is -2.13. The molecule has 1 fully saturated rings. The van der Waals surface area contributed by atoms with Crippen LogP contribution in [0.25, 0.3) is 10.2 Å². The maximum atomic E-state index is 4.73. The van der Waals surface area contributed by atoms with Gasteiger partial charge in [-0.3, -0.25) is 0 Å². The summed E-state index contributed by atoms with van der Waals surface area (Å²) in [6.45, 7) is 0. The van der Waals surface area contributed by atoms with Gasteiger partial charge >= 0.3 is 0 Å². The molecule has 1 nitrogen and oxygen atoms in total. The Hall–Kier alpha value is -0.410. The van der Waals surface area contributed by atoms with E-state index >= 15 is 0 Å². The van der Waals surface area contributed by atoms with E-state index in [-0.39, 0.29) is 0 Å². The highest BCUT2D eigenvalue weighted by atomic mass is 79.9. The number of thiazole rings is 1. The zero-order valence-corrected chi connectivity index (χ0v) is 13.5. The van der Waals surface area contributed by atoms with E-state index in [1.807, 2.05) is 11.3 Å². The molecule has 1 aliphatic carbocycles. The van der Waals surface area contributed by atoms with Crippen LogP contribution >= 0.6 is 27.3 Å². The van der Waals surface area contributed by atoms with Crippen LogP contribution in [0.15, 0.2) is 24.3 Å². The zero-order valence-electron chi connectivity index (χ0n) is 11.1. The Kier molecular flexibility index (Phi) is 4.54. The molecule has 0 spiro atoms. The molecule has 1 heterocycles. The SMILES string of the molecule is BrC(Cc1nc2ccccc2s1)CC1CCCCC1. The van der Waals surface area contributed by atoms with Crippen molar-refractivity contribution in [3.05, 3.63) is 29.3 Å². The Labute approximate surface area is 127 Å². The maximum absolute atomic E-state index is 4.73. The number of aromatic nitrogens is 1. The number of hydrogen-bond acceptors (Lipinski definition) is 2. The van der Waals surface area contributed by atoms with Gasteiger partial charge in [-0.1, -0.05) is 60.2 Å². The molecule has 1 aromatic heterocycles. The average molecular weight is 338 g/mol. The van der Waals surface area contributed by atoms with E-state index in [0.29, 0.717) is 4.83 Å². The Morgan fingerprint density at radius 2 is 2.00 bits per heavy atom. The van der Waals surface area contributed by atoms with E-state index in [2.05, 4.69) is 40.2 Å². The molecule has 1 saturated carbocycles. The van der Waals surface area contributed by atoms with E-state index in [1.165, 1.54) is 48.2 Å². The lowest BCUT2D eigenvalue weighted by molar-refractivity contribution is 0.337. The van der Waals surface area contributed by atoms with Crippen molar-refractivity contribution in [1.82, 2.24) is 4.98 Å². The second-order valence-electron chi connectivity index (χ2n) is 5.62. The monoisotopic (exact) mass is 337 g/mol. The number of benzene rings is 1. The quantitative estimate of drug-likeness (QED) is 0.664. The molecule has 1 aromatic carbocycles. The van der Waals surface area contributed by atoms with Gasteiger partial charge in [0.25, 0.3) is 0 Å². The molecule has 1 atom stereocenters. The summed E-state index contributed by atoms with van der Waals surface area (Å²) in [5, 5.41) is 1.28. The van der Waals surface area contributed by atoms with Gasteiger partial charge < -0.3 is 0 Å². The predicted octanol–water partition coefficient (Wildman–Crippen LogP) is 5.57. The summed E-state index contributed by atoms with van der Waals surface area (Å²) < 4.78 is 1.31. The molecule has 1 unspecified atom stereocenters. The number of nitrogens with zero attached hydrogens (tertiary/aromatic N) is 1. The highest BCUT2D eigenvalue weighted by molar-refractivity contribution is 9.09. The van der Waals surface area contributed by atoms with Crippen molar-refractivity contribution >= 4 is 37.5 Å². The normalized spacial score (nSPS) is 18.8. The van der Waals surface area contributed by atoms with E-state index < -0.39 is 0 Å². The van der Waals surface area contributed by atoms with Gasteiger partial charge in [0.1, 0.15) is 0 Å². The van der Waals surface area contributed by atoms with Gasteiger partial charge in [0, 0.05) is 11.2 Å². The van der Waals surface area contributed by atoms with Gasteiger partial charge in [-0.2, -0.15) is 0 Å². The van der Waals surface area contributed by atoms with Crippen molar-refractivity contribution < 1.29 is 0 Å². The summed E-state index contributed by atoms with van der Waals surface area (Å²) in [4.78, 5) is 5.33. The third kappa shape index (κ3) is 3.57. The molecular formula is C16H20BrNS. The molecule has 2 aromatic rings. The smallest absolute Gasteiger partial charge is 0.0949 e. The second-order valence-corrected chi connectivity index (χ2v) is 8.03. The summed E-state index contributed by atoms with van der Waals surface area (Å²) in [7, 11) is 0. The number of hydrogen-bond donors (Lipinski definition) is 0. The zero-order chi connectivity index (χ0) is 13.1. The van der Waals surface area contributed by atoms with Crippen LogP contribution in [0.1, 0.15) is 43.5 Å². The number of halogens is 1. The number of rotatable bonds is 4. The van der Waals surface area contributed by atoms with Crippen LogP contribution < -0.4 is 0 Å². The minimum Gasteiger partial charge on any atom is -0.241 e. The molecule has 102 valence electrons. The van der Waals surface area contributed by atoms with Crippen molar-refractivity contribution in [3.8, 4) is 0 Å². The fourth-order valence-electron chi connectivity index (χ4n) is 3.06. The van der Waals surface area contributed by atoms with Gasteiger partial charge in [0.05, 0.1) is 15.2 Å². The van der Waals surface area contributed by atoms with Crippen molar-refractivity contribution in [2.75, 3.05) is 0 Å². The second kappa shape index (κ2) is 6.36. The Balaban J connectivity index is 1.60. The first-order valence-electron chi connectivity index (χ1n) is 7.30. The molecule has 3 rings (SSSR count). The minimum atomic E-state index is 0.594. The molecule has 0 saturated heterocycles. The van der Waals surface area contributed by atoms with Crippen molar-refractivity contribution in [1.29, 1.82) is 0 Å². The summed E-state index contributed by atoms with van der Waals surface area (Å²) in [6.07, 6.45) is 9.58. The van der Waals surface area contributed by atoms with Crippen LogP contribution in [0.4, 0.5) is 0 Å². The summed E-state index contributed by atoms with van der Waals surface area (Å²) in [5.41, 5.74) is 1.15. The molecule has 0 radical (unpaired) electrons. The first-order chi connectivity index (χ1) is 9.31. The van der Waals surface area contributed by atoms with Gasteiger partial charge in [0.15, 0.2) is 0 Å². The van der Waals surface area contributed by atoms with E-state index in [4.69, 9.17) is 4.98 Å². The molecular weight excluding hydrogens is 318 g/mol. The topological polar surface area (TPSA) is 12.9 Å². The fraction of sp³-hybridized carbons (Fsp3) is 0.562. The highest BCUT2D eigenvalue weighted by Crippen LogP contribution is 2.31. The first kappa shape index (κ1) is 13.6. The third-order valence-electron chi connectivity index (χ3n) is 4.05. The molecule has 0 aliphatic heterocycles. The lowest BCUT2D eigenvalue weighted by Gasteiger charge is -2.23.